The van der Waals surface area contributed by atoms with E-state index in [2.05, 4.69) is 20.2 Å². The van der Waals surface area contributed by atoms with Gasteiger partial charge in [-0.05, 0) is 43.0 Å². The van der Waals surface area contributed by atoms with Gasteiger partial charge in [0.05, 0.1) is 6.33 Å². The van der Waals surface area contributed by atoms with E-state index in [0.717, 1.165) is 49.9 Å². The van der Waals surface area contributed by atoms with Gasteiger partial charge in [0.25, 0.3) is 5.91 Å². The average molecular weight is 413 g/mol. The minimum absolute atomic E-state index is 0.211. The van der Waals surface area contributed by atoms with Gasteiger partial charge in [0, 0.05) is 50.5 Å². The highest BCUT2D eigenvalue weighted by Gasteiger charge is 2.29. The van der Waals surface area contributed by atoms with Gasteiger partial charge in [0.1, 0.15) is 11.5 Å². The molecule has 1 aliphatic carbocycles. The molecule has 2 fully saturated rings. The number of piperazine rings is 1. The number of imidazole rings is 1. The standard InChI is InChI=1S/C22H28FN5O2/c1-15-17(10-18(23)11-19(15)26-21(29)20-12-24-14-25-20)13-27-6-8-28(9-7-27)22(30)16-4-2-3-5-16/h10-12,14,16H,2-9,13H2,1H3,(H,24,25)(H,26,29). The second kappa shape index (κ2) is 8.95. The first-order chi connectivity index (χ1) is 14.5. The molecule has 2 aromatic rings. The molecule has 7 nitrogen and oxygen atoms in total. The van der Waals surface area contributed by atoms with Crippen LogP contribution in [0.1, 0.15) is 47.3 Å². The molecule has 1 aromatic heterocycles. The van der Waals surface area contributed by atoms with Crippen molar-refractivity contribution in [1.29, 1.82) is 0 Å². The maximum Gasteiger partial charge on any atom is 0.275 e. The fourth-order valence-electron chi connectivity index (χ4n) is 4.40. The smallest absolute Gasteiger partial charge is 0.275 e. The Balaban J connectivity index is 1.38. The molecule has 0 unspecified atom stereocenters. The van der Waals surface area contributed by atoms with Crippen molar-refractivity contribution in [3.05, 3.63) is 47.3 Å². The van der Waals surface area contributed by atoms with Crippen molar-refractivity contribution in [2.75, 3.05) is 31.5 Å². The Morgan fingerprint density at radius 3 is 2.60 bits per heavy atom. The van der Waals surface area contributed by atoms with E-state index in [-0.39, 0.29) is 23.3 Å². The van der Waals surface area contributed by atoms with Crippen LogP contribution in [0.4, 0.5) is 10.1 Å². The molecule has 30 heavy (non-hydrogen) atoms. The Labute approximate surface area is 175 Å². The lowest BCUT2D eigenvalue weighted by Crippen LogP contribution is -2.49. The van der Waals surface area contributed by atoms with Gasteiger partial charge in [-0.25, -0.2) is 9.37 Å². The highest BCUT2D eigenvalue weighted by atomic mass is 19.1. The number of benzene rings is 1. The highest BCUT2D eigenvalue weighted by Crippen LogP contribution is 2.27. The van der Waals surface area contributed by atoms with Crippen LogP contribution in [0.25, 0.3) is 0 Å². The third-order valence-electron chi connectivity index (χ3n) is 6.24. The lowest BCUT2D eigenvalue weighted by atomic mass is 10.0. The Morgan fingerprint density at radius 1 is 1.20 bits per heavy atom. The number of nitrogens with one attached hydrogen (secondary N) is 2. The molecule has 0 atom stereocenters. The maximum absolute atomic E-state index is 14.3. The zero-order valence-corrected chi connectivity index (χ0v) is 17.3. The molecule has 0 bridgehead atoms. The summed E-state index contributed by atoms with van der Waals surface area (Å²) in [4.78, 5) is 35.8. The Morgan fingerprint density at radius 2 is 1.93 bits per heavy atom. The summed E-state index contributed by atoms with van der Waals surface area (Å²) in [7, 11) is 0. The number of halogens is 1. The summed E-state index contributed by atoms with van der Waals surface area (Å²) < 4.78 is 14.3. The normalized spacial score (nSPS) is 18.0. The predicted octanol–water partition coefficient (Wildman–Crippen LogP) is 2.94. The van der Waals surface area contributed by atoms with E-state index in [1.165, 1.54) is 24.7 Å². The monoisotopic (exact) mass is 413 g/mol. The Hall–Kier alpha value is -2.74. The van der Waals surface area contributed by atoms with Gasteiger partial charge >= 0.3 is 0 Å². The fourth-order valence-corrected chi connectivity index (χ4v) is 4.40. The zero-order chi connectivity index (χ0) is 21.1. The molecular formula is C22H28FN5O2. The van der Waals surface area contributed by atoms with Crippen LogP contribution in [-0.2, 0) is 11.3 Å². The first-order valence-corrected chi connectivity index (χ1v) is 10.6. The first kappa shape index (κ1) is 20.5. The summed E-state index contributed by atoms with van der Waals surface area (Å²) in [6.45, 7) is 5.43. The van der Waals surface area contributed by atoms with Gasteiger partial charge < -0.3 is 15.2 Å². The molecule has 1 saturated heterocycles. The molecule has 2 N–H and O–H groups in total. The first-order valence-electron chi connectivity index (χ1n) is 10.6. The molecule has 1 aliphatic heterocycles. The van der Waals surface area contributed by atoms with E-state index in [4.69, 9.17) is 0 Å². The number of amides is 2. The van der Waals surface area contributed by atoms with Gasteiger partial charge in [-0.2, -0.15) is 0 Å². The highest BCUT2D eigenvalue weighted by molar-refractivity contribution is 6.03. The van der Waals surface area contributed by atoms with Gasteiger partial charge in [-0.15, -0.1) is 0 Å². The molecule has 4 rings (SSSR count). The topological polar surface area (TPSA) is 81.3 Å². The zero-order valence-electron chi connectivity index (χ0n) is 17.3. The molecule has 2 heterocycles. The molecule has 2 aliphatic rings. The third kappa shape index (κ3) is 4.53. The average Bonchev–Trinajstić information content (AvgIpc) is 3.45. The van der Waals surface area contributed by atoms with Crippen LogP contribution in [0, 0.1) is 18.7 Å². The number of aromatic amines is 1. The van der Waals surface area contributed by atoms with Crippen molar-refractivity contribution in [2.24, 2.45) is 5.92 Å². The summed E-state index contributed by atoms with van der Waals surface area (Å²) in [5.74, 6) is -0.252. The Kier molecular flexibility index (Phi) is 6.13. The van der Waals surface area contributed by atoms with Crippen LogP contribution in [0.2, 0.25) is 0 Å². The molecule has 1 aromatic carbocycles. The number of aromatic nitrogens is 2. The second-order valence-corrected chi connectivity index (χ2v) is 8.23. The van der Waals surface area contributed by atoms with E-state index in [9.17, 15) is 14.0 Å². The van der Waals surface area contributed by atoms with Gasteiger partial charge in [-0.1, -0.05) is 12.8 Å². The lowest BCUT2D eigenvalue weighted by Gasteiger charge is -2.36. The molecule has 0 spiro atoms. The van der Waals surface area contributed by atoms with Crippen molar-refractivity contribution in [1.82, 2.24) is 19.8 Å². The quantitative estimate of drug-likeness (QED) is 0.790. The van der Waals surface area contributed by atoms with Crippen LogP contribution in [0.15, 0.2) is 24.7 Å². The van der Waals surface area contributed by atoms with Crippen LogP contribution < -0.4 is 5.32 Å². The van der Waals surface area contributed by atoms with Crippen molar-refractivity contribution in [3.8, 4) is 0 Å². The van der Waals surface area contributed by atoms with E-state index in [0.29, 0.717) is 31.2 Å². The minimum Gasteiger partial charge on any atom is -0.350 e. The minimum atomic E-state index is -0.386. The van der Waals surface area contributed by atoms with Crippen molar-refractivity contribution in [3.63, 3.8) is 0 Å². The van der Waals surface area contributed by atoms with Crippen LogP contribution in [-0.4, -0.2) is 57.8 Å². The van der Waals surface area contributed by atoms with E-state index < -0.39 is 0 Å². The van der Waals surface area contributed by atoms with Crippen molar-refractivity contribution < 1.29 is 14.0 Å². The summed E-state index contributed by atoms with van der Waals surface area (Å²) >= 11 is 0. The molecule has 2 amide bonds. The third-order valence-corrected chi connectivity index (χ3v) is 6.24. The van der Waals surface area contributed by atoms with Crippen LogP contribution in [0.5, 0.6) is 0 Å². The molecule has 0 radical (unpaired) electrons. The number of anilines is 1. The van der Waals surface area contributed by atoms with Crippen molar-refractivity contribution in [2.45, 2.75) is 39.2 Å². The SMILES string of the molecule is Cc1c(CN2CCN(C(=O)C3CCCC3)CC2)cc(F)cc1NC(=O)c1c[nH]cn1. The van der Waals surface area contributed by atoms with Crippen LogP contribution >= 0.6 is 0 Å². The molecular weight excluding hydrogens is 385 g/mol. The fraction of sp³-hybridized carbons (Fsp3) is 0.500. The summed E-state index contributed by atoms with van der Waals surface area (Å²) in [6, 6.07) is 2.86. The Bertz CT molecular complexity index is 901. The molecule has 1 saturated carbocycles. The van der Waals surface area contributed by atoms with Crippen LogP contribution in [0.3, 0.4) is 0 Å². The van der Waals surface area contributed by atoms with E-state index in [1.54, 1.807) is 0 Å². The summed E-state index contributed by atoms with van der Waals surface area (Å²) in [6.07, 6.45) is 7.29. The number of rotatable bonds is 5. The summed E-state index contributed by atoms with van der Waals surface area (Å²) in [5.41, 5.74) is 2.38. The lowest BCUT2D eigenvalue weighted by molar-refractivity contribution is -0.137. The number of hydrogen-bond donors (Lipinski definition) is 2. The van der Waals surface area contributed by atoms with Gasteiger partial charge in [-0.3, -0.25) is 14.5 Å². The molecule has 160 valence electrons. The van der Waals surface area contributed by atoms with Gasteiger partial charge in [0.2, 0.25) is 5.91 Å². The number of carbonyl (C=O) groups excluding carboxylic acids is 2. The summed E-state index contributed by atoms with van der Waals surface area (Å²) in [5, 5.41) is 2.75. The molecule has 8 heteroatoms. The number of hydrogen-bond acceptors (Lipinski definition) is 4. The number of nitrogens with zero attached hydrogens (tertiary/aromatic N) is 3. The van der Waals surface area contributed by atoms with Gasteiger partial charge in [0.15, 0.2) is 0 Å². The predicted molar refractivity (Wildman–Crippen MR) is 111 cm³/mol. The second-order valence-electron chi connectivity index (χ2n) is 8.23. The van der Waals surface area contributed by atoms with E-state index in [1.807, 2.05) is 11.8 Å². The van der Waals surface area contributed by atoms with Crippen molar-refractivity contribution >= 4 is 17.5 Å². The largest absolute Gasteiger partial charge is 0.350 e. The number of H-pyrrole nitrogens is 1. The number of carbonyl (C=O) groups is 2. The van der Waals surface area contributed by atoms with E-state index >= 15 is 0 Å². The maximum atomic E-state index is 14.3.